The zero-order valence-electron chi connectivity index (χ0n) is 55.8. The molecule has 6 aliphatic rings. The van der Waals surface area contributed by atoms with E-state index in [4.69, 9.17) is 28.3 Å². The summed E-state index contributed by atoms with van der Waals surface area (Å²) in [5.74, 6) is -7.30. The first kappa shape index (κ1) is 70.3. The smallest absolute Gasteiger partial charge is 0.410 e. The number of phenolic OH excluding ortho intramolecular Hbond substituents is 2. The molecule has 96 heavy (non-hydrogen) atoms. The fourth-order valence-electron chi connectivity index (χ4n) is 12.7. The highest BCUT2D eigenvalue weighted by Gasteiger charge is 2.50. The summed E-state index contributed by atoms with van der Waals surface area (Å²) >= 11 is 0. The molecular formula is C71H84N8O17. The third kappa shape index (κ3) is 16.0. The lowest BCUT2D eigenvalue weighted by molar-refractivity contribution is -0.152. The first-order valence-corrected chi connectivity index (χ1v) is 32.5. The number of aromatic nitrogens is 1. The number of anilines is 3. The van der Waals surface area contributed by atoms with Crippen molar-refractivity contribution in [3.05, 3.63) is 112 Å². The van der Waals surface area contributed by atoms with Gasteiger partial charge >= 0.3 is 17.8 Å². The Hall–Kier alpha value is -10.1. The van der Waals surface area contributed by atoms with Crippen molar-refractivity contribution < 1.29 is 76.7 Å². The molecule has 0 radical (unpaired) electrons. The van der Waals surface area contributed by atoms with E-state index in [9.17, 15) is 53.4 Å². The van der Waals surface area contributed by atoms with Crippen LogP contribution in [0, 0.1) is 36.5 Å². The van der Waals surface area contributed by atoms with Crippen LogP contribution in [0.25, 0.3) is 33.3 Å². The molecular weight excluding hydrogens is 1240 g/mol. The predicted molar refractivity (Wildman–Crippen MR) is 357 cm³/mol. The van der Waals surface area contributed by atoms with Crippen molar-refractivity contribution in [1.82, 2.24) is 25.4 Å². The van der Waals surface area contributed by atoms with E-state index in [0.29, 0.717) is 42.6 Å². The van der Waals surface area contributed by atoms with Crippen LogP contribution in [-0.2, 0) is 54.4 Å². The summed E-state index contributed by atoms with van der Waals surface area (Å²) in [4.78, 5) is 141. The lowest BCUT2D eigenvalue weighted by atomic mass is 9.82. The maximum Gasteiger partial charge on any atom is 0.410 e. The van der Waals surface area contributed by atoms with E-state index in [1.807, 2.05) is 17.9 Å². The van der Waals surface area contributed by atoms with E-state index in [2.05, 4.69) is 42.0 Å². The molecule has 4 bridgehead atoms. The van der Waals surface area contributed by atoms with Gasteiger partial charge in [0.1, 0.15) is 52.9 Å². The first-order chi connectivity index (χ1) is 45.6. The van der Waals surface area contributed by atoms with Crippen LogP contribution in [0.5, 0.6) is 17.2 Å². The van der Waals surface area contributed by atoms with Crippen LogP contribution >= 0.6 is 0 Å². The molecule has 3 aromatic rings. The number of nitrogens with one attached hydrogen (secondary N) is 4. The number of esters is 1. The molecule has 25 heteroatoms. The number of rotatable bonds is 16. The molecule has 9 rings (SSSR count). The van der Waals surface area contributed by atoms with Crippen LogP contribution in [0.2, 0.25) is 0 Å². The Kier molecular flexibility index (Phi) is 22.0. The van der Waals surface area contributed by atoms with E-state index >= 15 is 4.79 Å². The number of carbonyl (C=O) groups is 9. The number of carbonyl (C=O) groups excluding carboxylic acids is 9. The van der Waals surface area contributed by atoms with Gasteiger partial charge in [0.2, 0.25) is 23.2 Å². The molecule has 5 aliphatic heterocycles. The Morgan fingerprint density at radius 1 is 0.875 bits per heavy atom. The van der Waals surface area contributed by atoms with E-state index < -0.39 is 70.4 Å². The number of phenols is 2. The van der Waals surface area contributed by atoms with Crippen molar-refractivity contribution in [3.8, 4) is 28.7 Å². The van der Waals surface area contributed by atoms with Crippen molar-refractivity contribution in [2.75, 3.05) is 54.8 Å². The van der Waals surface area contributed by atoms with Crippen molar-refractivity contribution >= 4 is 92.2 Å². The Morgan fingerprint density at radius 3 is 2.27 bits per heavy atom. The summed E-state index contributed by atoms with van der Waals surface area (Å²) in [5, 5.41) is 34.0. The van der Waals surface area contributed by atoms with Crippen LogP contribution < -0.4 is 36.3 Å². The summed E-state index contributed by atoms with van der Waals surface area (Å²) in [6.45, 7) is 18.4. The number of hydrogen-bond acceptors (Lipinski definition) is 19. The Balaban J connectivity index is 0.864. The van der Waals surface area contributed by atoms with Gasteiger partial charge in [0.05, 0.1) is 23.8 Å². The highest BCUT2D eigenvalue weighted by Crippen LogP contribution is 2.51. The maximum absolute atomic E-state index is 15.0. The molecule has 1 unspecified atom stereocenters. The van der Waals surface area contributed by atoms with Crippen LogP contribution in [0.1, 0.15) is 129 Å². The number of hydrogen-bond donors (Lipinski definition) is 6. The number of nitrogens with zero attached hydrogens (tertiary/aromatic N) is 4. The second-order valence-corrected chi connectivity index (χ2v) is 26.0. The Labute approximate surface area is 555 Å². The van der Waals surface area contributed by atoms with Crippen molar-refractivity contribution in [1.29, 1.82) is 0 Å². The quantitative estimate of drug-likeness (QED) is 0.0176. The summed E-state index contributed by atoms with van der Waals surface area (Å²) < 4.78 is 30.5. The van der Waals surface area contributed by atoms with Crippen LogP contribution in [0.3, 0.4) is 0 Å². The van der Waals surface area contributed by atoms with Crippen LogP contribution in [0.15, 0.2) is 93.9 Å². The van der Waals surface area contributed by atoms with E-state index in [-0.39, 0.29) is 161 Å². The predicted octanol–water partition coefficient (Wildman–Crippen LogP) is 9.23. The van der Waals surface area contributed by atoms with Crippen molar-refractivity contribution in [3.63, 3.8) is 0 Å². The van der Waals surface area contributed by atoms with Gasteiger partial charge in [-0.15, -0.1) is 0 Å². The van der Waals surface area contributed by atoms with Gasteiger partial charge < -0.3 is 64.6 Å². The zero-order valence-corrected chi connectivity index (χ0v) is 55.8. The van der Waals surface area contributed by atoms with E-state index in [1.165, 1.54) is 50.2 Å². The average Bonchev–Trinajstić information content (AvgIpc) is 1.31. The molecule has 5 heterocycles. The number of fused-ring (bicyclic) bond motifs is 2. The minimum Gasteiger partial charge on any atom is -0.507 e. The molecule has 25 nitrogen and oxygen atoms in total. The number of ether oxygens (including phenoxy) is 4. The highest BCUT2D eigenvalue weighted by atomic mass is 16.7. The zero-order chi connectivity index (χ0) is 69.4. The summed E-state index contributed by atoms with van der Waals surface area (Å²) in [7, 11) is 0. The number of unbranched alkanes of at least 4 members (excludes halogenated alkanes) is 2. The monoisotopic (exact) mass is 1320 g/mol. The van der Waals surface area contributed by atoms with Crippen molar-refractivity contribution in [2.45, 2.75) is 139 Å². The van der Waals surface area contributed by atoms with Gasteiger partial charge in [-0.25, -0.2) is 9.78 Å². The lowest BCUT2D eigenvalue weighted by Crippen LogP contribution is -2.51. The summed E-state index contributed by atoms with van der Waals surface area (Å²) in [6, 6.07) is 8.74. The third-order valence-corrected chi connectivity index (χ3v) is 17.8. The Bertz CT molecular complexity index is 4010. The van der Waals surface area contributed by atoms with Gasteiger partial charge in [-0.3, -0.25) is 48.1 Å². The van der Waals surface area contributed by atoms with Gasteiger partial charge in [0.25, 0.3) is 23.5 Å². The molecule has 510 valence electrons. The average molecular weight is 1320 g/mol. The van der Waals surface area contributed by atoms with E-state index in [1.54, 1.807) is 69.3 Å². The SMILES string of the molecule is CC(=O)O[C@@H]1[C@H](C)C/C=C/O[C@@]2(C)Oc3c(C)c(O)c4c(=O)c(c5oc6cc(N7CCN(C(=O)OCc8ccc(NC(=O)CNC(=O)C(NC(=O)CCCCCN9C(=O)C=CC9=O)C(C)C)cc8)CC7)cc(O)c6nc-5c4c3C2=O)NC(=O)/C(C)=C\C=C\[C@H](C)C[C@@H](C)C[C@H]1C. The Morgan fingerprint density at radius 2 is 1.58 bits per heavy atom. The highest BCUT2D eigenvalue weighted by molar-refractivity contribution is 6.22. The molecule has 1 fully saturated rings. The molecule has 0 saturated carbocycles. The molecule has 7 amide bonds. The molecule has 0 aromatic heterocycles. The van der Waals surface area contributed by atoms with Crippen LogP contribution in [-0.4, -0.2) is 135 Å². The van der Waals surface area contributed by atoms with Gasteiger partial charge in [0.15, 0.2) is 11.3 Å². The van der Waals surface area contributed by atoms with Gasteiger partial charge in [-0.2, -0.15) is 0 Å². The third-order valence-electron chi connectivity index (χ3n) is 17.8. The lowest BCUT2D eigenvalue weighted by Gasteiger charge is -2.35. The van der Waals surface area contributed by atoms with Crippen LogP contribution in [0.4, 0.5) is 21.9 Å². The van der Waals surface area contributed by atoms with Gasteiger partial charge in [-0.1, -0.05) is 78.3 Å². The van der Waals surface area contributed by atoms with Crippen molar-refractivity contribution in [2.24, 2.45) is 29.6 Å². The summed E-state index contributed by atoms with van der Waals surface area (Å²) in [5.41, 5.74) is 0.0408. The fraction of sp³-hybridized carbons (Fsp3) is 0.451. The molecule has 1 saturated heterocycles. The molecule has 1 aliphatic carbocycles. The largest absolute Gasteiger partial charge is 0.507 e. The topological polar surface area (TPSA) is 332 Å². The molecule has 0 spiro atoms. The standard InChI is InChI=1S/C71H84N8O17/c1-38(2)58(74-51(82)19-12-11-13-26-79-53(84)24-25-54(79)85)69(90)72-36-52(83)73-47-22-20-46(21-23-47)37-92-70(91)78-29-27-77(28-30-78)48-34-49(81)59-50(35-48)95-66-60(75-59)55-56-62(86)44(8)65-57(55)67(88)71(10,96-65)93-31-15-18-41(5)64(94-45(9)80)43(7)33-40(4)32-39(3)16-14-17-42(6)68(89)76-61(66)63(56)87/h14-17,20-25,31,34-35,38-41,43,58,64,81,86H,11-13,18-19,26-30,32-33,36-37H2,1-10H3,(H,72,90)(H,73,83)(H,74,82)(H,76,89)/b16-14+,31-15+,42-17-/t39-,40+,41+,43+,58?,64+,71-/m0/s1. The van der Waals surface area contributed by atoms with Gasteiger partial charge in [-0.05, 0) is 99.3 Å². The fourth-order valence-corrected chi connectivity index (χ4v) is 12.7. The first-order valence-electron chi connectivity index (χ1n) is 32.5. The van der Waals surface area contributed by atoms with E-state index in [0.717, 1.165) is 17.7 Å². The number of ketones is 1. The maximum atomic E-state index is 15.0. The second-order valence-electron chi connectivity index (χ2n) is 26.0. The minimum absolute atomic E-state index is 0.000546. The van der Waals surface area contributed by atoms with Gasteiger partial charge in [0, 0.05) is 105 Å². The second kappa shape index (κ2) is 30.1. The number of allylic oxidation sites excluding steroid dienone is 4. The summed E-state index contributed by atoms with van der Waals surface area (Å²) in [6.07, 6.45) is 13.6. The molecule has 7 atom stereocenters. The number of piperazine rings is 1. The molecule has 6 N–H and O–H groups in total. The molecule has 3 aromatic carbocycles. The number of benzene rings is 4. The number of Topliss-reactive ketones (excluding diaryl/α,β-unsaturated/α-hetero) is 1. The number of imide groups is 1. The normalized spacial score (nSPS) is 22.6. The number of aromatic hydroxyl groups is 2. The minimum atomic E-state index is -2.02. The number of amides is 7.